The van der Waals surface area contributed by atoms with E-state index in [1.807, 2.05) is 18.9 Å². The Hall–Kier alpha value is -2.15. The number of rotatable bonds is 4. The van der Waals surface area contributed by atoms with Gasteiger partial charge < -0.3 is 10.6 Å². The highest BCUT2D eigenvalue weighted by molar-refractivity contribution is 6.30. The van der Waals surface area contributed by atoms with Crippen molar-refractivity contribution in [1.82, 2.24) is 19.7 Å². The molecule has 2 rings (SSSR count). The van der Waals surface area contributed by atoms with Crippen molar-refractivity contribution in [2.24, 2.45) is 12.8 Å². The van der Waals surface area contributed by atoms with Crippen molar-refractivity contribution in [1.29, 1.82) is 0 Å². The van der Waals surface area contributed by atoms with Crippen LogP contribution < -0.4 is 10.6 Å². The number of nitrogens with zero attached hydrogens (tertiary/aromatic N) is 5. The average Bonchev–Trinajstić information content (AvgIpc) is 2.65. The van der Waals surface area contributed by atoms with E-state index in [0.717, 1.165) is 11.3 Å². The highest BCUT2D eigenvalue weighted by Crippen LogP contribution is 2.22. The molecule has 0 bridgehead atoms. The zero-order valence-electron chi connectivity index (χ0n) is 11.5. The van der Waals surface area contributed by atoms with Gasteiger partial charge in [-0.1, -0.05) is 11.6 Å². The lowest BCUT2D eigenvalue weighted by atomic mass is 10.2. The van der Waals surface area contributed by atoms with Gasteiger partial charge in [0, 0.05) is 32.3 Å². The minimum absolute atomic E-state index is 0.177. The summed E-state index contributed by atoms with van der Waals surface area (Å²) in [7, 11) is 3.63. The molecule has 8 heteroatoms. The Morgan fingerprint density at radius 1 is 1.50 bits per heavy atom. The third kappa shape index (κ3) is 2.72. The van der Waals surface area contributed by atoms with Crippen LogP contribution in [0.3, 0.4) is 0 Å². The van der Waals surface area contributed by atoms with Crippen LogP contribution in [0.4, 0.5) is 5.82 Å². The Kier molecular flexibility index (Phi) is 3.89. The van der Waals surface area contributed by atoms with Gasteiger partial charge in [-0.05, 0) is 6.92 Å². The summed E-state index contributed by atoms with van der Waals surface area (Å²) in [5.41, 5.74) is 7.15. The lowest BCUT2D eigenvalue weighted by Crippen LogP contribution is -2.20. The van der Waals surface area contributed by atoms with E-state index in [2.05, 4.69) is 15.1 Å². The van der Waals surface area contributed by atoms with E-state index in [-0.39, 0.29) is 5.69 Å². The van der Waals surface area contributed by atoms with Gasteiger partial charge in [-0.2, -0.15) is 5.10 Å². The van der Waals surface area contributed by atoms with Crippen LogP contribution in [-0.4, -0.2) is 32.7 Å². The van der Waals surface area contributed by atoms with E-state index in [1.165, 1.54) is 6.33 Å². The van der Waals surface area contributed by atoms with Crippen LogP contribution in [0.5, 0.6) is 0 Å². The fourth-order valence-corrected chi connectivity index (χ4v) is 2.10. The van der Waals surface area contributed by atoms with Crippen LogP contribution in [0.25, 0.3) is 0 Å². The highest BCUT2D eigenvalue weighted by atomic mass is 35.5. The fraction of sp³-hybridized carbons (Fsp3) is 0.333. The zero-order chi connectivity index (χ0) is 14.9. The Bertz CT molecular complexity index is 653. The SMILES string of the molecule is Cc1nn(C)c(Cl)c1CN(C)c1cc(C(N)=O)ncn1. The molecule has 0 atom stereocenters. The minimum atomic E-state index is -0.586. The van der Waals surface area contributed by atoms with Crippen molar-refractivity contribution in [3.63, 3.8) is 0 Å². The molecule has 2 N–H and O–H groups in total. The monoisotopic (exact) mass is 294 g/mol. The van der Waals surface area contributed by atoms with Crippen LogP contribution in [0.2, 0.25) is 5.15 Å². The quantitative estimate of drug-likeness (QED) is 0.905. The van der Waals surface area contributed by atoms with E-state index in [0.29, 0.717) is 17.5 Å². The Morgan fingerprint density at radius 3 is 2.75 bits per heavy atom. The van der Waals surface area contributed by atoms with Gasteiger partial charge in [0.05, 0.1) is 5.69 Å². The summed E-state index contributed by atoms with van der Waals surface area (Å²) in [6.07, 6.45) is 1.31. The predicted octanol–water partition coefficient (Wildman–Crippen LogP) is 0.907. The summed E-state index contributed by atoms with van der Waals surface area (Å²) in [5, 5.41) is 4.84. The lowest BCUT2D eigenvalue weighted by molar-refractivity contribution is 0.0995. The molecule has 2 aromatic rings. The molecule has 7 nitrogen and oxygen atoms in total. The van der Waals surface area contributed by atoms with Gasteiger partial charge in [0.25, 0.3) is 5.91 Å². The highest BCUT2D eigenvalue weighted by Gasteiger charge is 2.15. The molecule has 0 aliphatic heterocycles. The van der Waals surface area contributed by atoms with E-state index in [4.69, 9.17) is 17.3 Å². The van der Waals surface area contributed by atoms with Gasteiger partial charge >= 0.3 is 0 Å². The van der Waals surface area contributed by atoms with Crippen molar-refractivity contribution in [2.45, 2.75) is 13.5 Å². The molecule has 0 aliphatic rings. The number of amides is 1. The van der Waals surface area contributed by atoms with Crippen LogP contribution in [0.15, 0.2) is 12.4 Å². The van der Waals surface area contributed by atoms with Gasteiger partial charge in [-0.15, -0.1) is 0 Å². The first-order chi connectivity index (χ1) is 9.40. The number of aromatic nitrogens is 4. The minimum Gasteiger partial charge on any atom is -0.364 e. The lowest BCUT2D eigenvalue weighted by Gasteiger charge is -2.18. The molecule has 20 heavy (non-hydrogen) atoms. The van der Waals surface area contributed by atoms with Gasteiger partial charge in [-0.3, -0.25) is 9.48 Å². The number of hydrogen-bond acceptors (Lipinski definition) is 5. The molecule has 106 valence electrons. The number of anilines is 1. The normalized spacial score (nSPS) is 10.6. The van der Waals surface area contributed by atoms with Crippen LogP contribution >= 0.6 is 11.6 Å². The standard InChI is InChI=1S/C12H15ClN6O/c1-7-8(11(13)19(3)17-7)5-18(2)10-4-9(12(14)20)15-6-16-10/h4,6H,5H2,1-3H3,(H2,14,20). The van der Waals surface area contributed by atoms with Crippen LogP contribution in [0, 0.1) is 6.92 Å². The van der Waals surface area contributed by atoms with E-state index >= 15 is 0 Å². The number of primary amides is 1. The van der Waals surface area contributed by atoms with E-state index < -0.39 is 5.91 Å². The number of nitrogens with two attached hydrogens (primary N) is 1. The smallest absolute Gasteiger partial charge is 0.267 e. The van der Waals surface area contributed by atoms with Crippen LogP contribution in [-0.2, 0) is 13.6 Å². The van der Waals surface area contributed by atoms with Crippen molar-refractivity contribution in [3.05, 3.63) is 34.5 Å². The molecule has 0 aliphatic carbocycles. The molecule has 0 fully saturated rings. The summed E-state index contributed by atoms with van der Waals surface area (Å²) in [5.74, 6) is 0.00533. The number of carbonyl (C=O) groups is 1. The zero-order valence-corrected chi connectivity index (χ0v) is 12.2. The molecule has 0 unspecified atom stereocenters. The maximum absolute atomic E-state index is 11.1. The van der Waals surface area contributed by atoms with Gasteiger partial charge in [0.15, 0.2) is 0 Å². The summed E-state index contributed by atoms with van der Waals surface area (Å²) >= 11 is 6.19. The maximum Gasteiger partial charge on any atom is 0.267 e. The molecule has 1 amide bonds. The van der Waals surface area contributed by atoms with Crippen LogP contribution in [0.1, 0.15) is 21.7 Å². The maximum atomic E-state index is 11.1. The second kappa shape index (κ2) is 5.46. The second-order valence-corrected chi connectivity index (χ2v) is 4.82. The van der Waals surface area contributed by atoms with Gasteiger partial charge in [-0.25, -0.2) is 9.97 Å². The molecule has 0 saturated heterocycles. The first-order valence-corrected chi connectivity index (χ1v) is 6.29. The summed E-state index contributed by atoms with van der Waals surface area (Å²) in [6, 6.07) is 1.54. The number of hydrogen-bond donors (Lipinski definition) is 1. The Balaban J connectivity index is 2.26. The third-order valence-electron chi connectivity index (χ3n) is 2.96. The molecule has 0 radical (unpaired) electrons. The fourth-order valence-electron chi connectivity index (χ4n) is 1.86. The molecular weight excluding hydrogens is 280 g/mol. The molecule has 2 aromatic heterocycles. The molecular formula is C12H15ClN6O. The third-order valence-corrected chi connectivity index (χ3v) is 3.43. The first kappa shape index (κ1) is 14.3. The topological polar surface area (TPSA) is 89.9 Å². The molecule has 0 aromatic carbocycles. The predicted molar refractivity (Wildman–Crippen MR) is 75.6 cm³/mol. The van der Waals surface area contributed by atoms with E-state index in [9.17, 15) is 4.79 Å². The number of halogens is 1. The van der Waals surface area contributed by atoms with E-state index in [1.54, 1.807) is 17.8 Å². The largest absolute Gasteiger partial charge is 0.364 e. The van der Waals surface area contributed by atoms with Crippen molar-refractivity contribution >= 4 is 23.3 Å². The van der Waals surface area contributed by atoms with Crippen molar-refractivity contribution in [3.8, 4) is 0 Å². The number of aryl methyl sites for hydroxylation is 2. The summed E-state index contributed by atoms with van der Waals surface area (Å²) < 4.78 is 1.62. The number of carbonyl (C=O) groups excluding carboxylic acids is 1. The first-order valence-electron chi connectivity index (χ1n) is 5.91. The van der Waals surface area contributed by atoms with Gasteiger partial charge in [0.2, 0.25) is 0 Å². The summed E-state index contributed by atoms with van der Waals surface area (Å²) in [4.78, 5) is 20.9. The Labute approximate surface area is 121 Å². The van der Waals surface area contributed by atoms with Crippen molar-refractivity contribution < 1.29 is 4.79 Å². The van der Waals surface area contributed by atoms with Crippen molar-refractivity contribution in [2.75, 3.05) is 11.9 Å². The summed E-state index contributed by atoms with van der Waals surface area (Å²) in [6.45, 7) is 2.41. The Morgan fingerprint density at radius 2 is 2.20 bits per heavy atom. The second-order valence-electron chi connectivity index (χ2n) is 4.46. The molecule has 2 heterocycles. The average molecular weight is 295 g/mol. The molecule has 0 saturated carbocycles. The molecule has 0 spiro atoms. The van der Waals surface area contributed by atoms with Gasteiger partial charge in [0.1, 0.15) is 23.0 Å².